The third kappa shape index (κ3) is 6.25. The molecule has 30 heavy (non-hydrogen) atoms. The summed E-state index contributed by atoms with van der Waals surface area (Å²) >= 11 is 7.33. The van der Waals surface area contributed by atoms with Gasteiger partial charge in [-0.25, -0.2) is 0 Å². The Bertz CT molecular complexity index is 857. The van der Waals surface area contributed by atoms with E-state index in [4.69, 9.17) is 11.6 Å². The van der Waals surface area contributed by atoms with Gasteiger partial charge in [-0.3, -0.25) is 14.9 Å². The molecule has 0 radical (unpaired) electrons. The Morgan fingerprint density at radius 3 is 2.80 bits per heavy atom. The summed E-state index contributed by atoms with van der Waals surface area (Å²) in [5.41, 5.74) is 0.858. The van der Waals surface area contributed by atoms with Crippen molar-refractivity contribution in [3.8, 4) is 10.6 Å². The molecular weight excluding hydrogens is 420 g/mol. The van der Waals surface area contributed by atoms with Crippen LogP contribution in [0.25, 0.3) is 10.6 Å². The van der Waals surface area contributed by atoms with Crippen LogP contribution in [-0.4, -0.2) is 39.5 Å². The molecule has 1 aromatic carbocycles. The van der Waals surface area contributed by atoms with E-state index in [1.807, 2.05) is 18.2 Å². The average Bonchev–Trinajstić information content (AvgIpc) is 3.40. The smallest absolute Gasteiger partial charge is 0.249 e. The average molecular weight is 449 g/mol. The van der Waals surface area contributed by atoms with Gasteiger partial charge in [0.25, 0.3) is 0 Å². The highest BCUT2D eigenvalue weighted by molar-refractivity contribution is 7.18. The monoisotopic (exact) mass is 448 g/mol. The largest absolute Gasteiger partial charge is 0.331 e. The maximum atomic E-state index is 12.8. The van der Waals surface area contributed by atoms with Gasteiger partial charge in [0, 0.05) is 23.6 Å². The van der Waals surface area contributed by atoms with Crippen LogP contribution in [0.3, 0.4) is 0 Å². The first-order valence-electron chi connectivity index (χ1n) is 10.8. The Balaban J connectivity index is 1.51. The Morgan fingerprint density at radius 2 is 2.00 bits per heavy atom. The number of carbonyl (C=O) groups is 2. The number of aromatic nitrogens is 2. The van der Waals surface area contributed by atoms with Gasteiger partial charge in [-0.1, -0.05) is 74.1 Å². The second-order valence-electron chi connectivity index (χ2n) is 7.67. The molecule has 0 unspecified atom stereocenters. The predicted molar refractivity (Wildman–Crippen MR) is 122 cm³/mol. The number of nitrogens with zero attached hydrogens (tertiary/aromatic N) is 3. The van der Waals surface area contributed by atoms with Crippen LogP contribution in [0.5, 0.6) is 0 Å². The van der Waals surface area contributed by atoms with E-state index in [1.54, 1.807) is 11.0 Å². The summed E-state index contributed by atoms with van der Waals surface area (Å²) < 4.78 is 0. The minimum Gasteiger partial charge on any atom is -0.331 e. The molecule has 0 aliphatic carbocycles. The lowest BCUT2D eigenvalue weighted by atomic mass is 10.1. The first kappa shape index (κ1) is 22.7. The molecule has 0 bridgehead atoms. The number of hydrogen-bond acceptors (Lipinski definition) is 5. The fraction of sp³-hybridized carbons (Fsp3) is 0.545. The normalized spacial score (nSPS) is 16.1. The SMILES string of the molecule is CCCCCCCCC(=O)N1CCC[C@H]1C(=O)Nc1nnc(-c2cccc(Cl)c2)s1. The number of unbranched alkanes of at least 4 members (excludes halogenated alkanes) is 5. The number of amides is 2. The highest BCUT2D eigenvalue weighted by Gasteiger charge is 2.34. The van der Waals surface area contributed by atoms with E-state index in [1.165, 1.54) is 37.0 Å². The standard InChI is InChI=1S/C22H29ClN4O2S/c1-2-3-4-5-6-7-13-19(28)27-14-9-12-18(27)20(29)24-22-26-25-21(30-22)16-10-8-11-17(23)15-16/h8,10-11,15,18H,2-7,9,12-14H2,1H3,(H,24,26,29)/t18-/m0/s1. The molecular formula is C22H29ClN4O2S. The van der Waals surface area contributed by atoms with Crippen molar-refractivity contribution in [1.82, 2.24) is 15.1 Å². The van der Waals surface area contributed by atoms with Crippen LogP contribution >= 0.6 is 22.9 Å². The molecule has 1 aliphatic rings. The fourth-order valence-electron chi connectivity index (χ4n) is 3.74. The van der Waals surface area contributed by atoms with Gasteiger partial charge in [-0.15, -0.1) is 10.2 Å². The number of benzene rings is 1. The third-order valence-corrected chi connectivity index (χ3v) is 6.47. The predicted octanol–water partition coefficient (Wildman–Crippen LogP) is 5.54. The maximum Gasteiger partial charge on any atom is 0.249 e. The molecule has 3 rings (SSSR count). The number of hydrogen-bond donors (Lipinski definition) is 1. The minimum atomic E-state index is -0.420. The molecule has 0 spiro atoms. The van der Waals surface area contributed by atoms with Gasteiger partial charge in [-0.2, -0.15) is 0 Å². The Labute approximate surface area is 187 Å². The summed E-state index contributed by atoms with van der Waals surface area (Å²) in [6, 6.07) is 6.94. The van der Waals surface area contributed by atoms with E-state index >= 15 is 0 Å². The van der Waals surface area contributed by atoms with Crippen molar-refractivity contribution in [3.05, 3.63) is 29.3 Å². The molecule has 1 N–H and O–H groups in total. The second kappa shape index (κ2) is 11.4. The molecule has 2 heterocycles. The van der Waals surface area contributed by atoms with Crippen LogP contribution < -0.4 is 5.32 Å². The van der Waals surface area contributed by atoms with Crippen molar-refractivity contribution in [3.63, 3.8) is 0 Å². The lowest BCUT2D eigenvalue weighted by Crippen LogP contribution is -2.43. The van der Waals surface area contributed by atoms with E-state index in [-0.39, 0.29) is 11.8 Å². The van der Waals surface area contributed by atoms with Crippen molar-refractivity contribution in [1.29, 1.82) is 0 Å². The van der Waals surface area contributed by atoms with E-state index in [2.05, 4.69) is 22.4 Å². The highest BCUT2D eigenvalue weighted by atomic mass is 35.5. The van der Waals surface area contributed by atoms with Gasteiger partial charge in [-0.05, 0) is 31.4 Å². The zero-order valence-corrected chi connectivity index (χ0v) is 19.0. The maximum absolute atomic E-state index is 12.8. The number of anilines is 1. The molecule has 1 fully saturated rings. The van der Waals surface area contributed by atoms with E-state index < -0.39 is 6.04 Å². The van der Waals surface area contributed by atoms with Gasteiger partial charge in [0.1, 0.15) is 11.0 Å². The van der Waals surface area contributed by atoms with Crippen LogP contribution in [-0.2, 0) is 9.59 Å². The van der Waals surface area contributed by atoms with Gasteiger partial charge in [0.2, 0.25) is 16.9 Å². The van der Waals surface area contributed by atoms with Crippen LogP contribution in [0, 0.1) is 0 Å². The van der Waals surface area contributed by atoms with Crippen LogP contribution in [0.1, 0.15) is 64.7 Å². The lowest BCUT2D eigenvalue weighted by Gasteiger charge is -2.23. The van der Waals surface area contributed by atoms with E-state index in [9.17, 15) is 9.59 Å². The number of rotatable bonds is 10. The zero-order chi connectivity index (χ0) is 21.3. The number of nitrogens with one attached hydrogen (secondary N) is 1. The van der Waals surface area contributed by atoms with Crippen molar-refractivity contribution in [2.24, 2.45) is 0 Å². The number of likely N-dealkylation sites (tertiary alicyclic amines) is 1. The molecule has 1 aromatic heterocycles. The molecule has 0 saturated carbocycles. The quantitative estimate of drug-likeness (QED) is 0.484. The van der Waals surface area contributed by atoms with Crippen LogP contribution in [0.15, 0.2) is 24.3 Å². The van der Waals surface area contributed by atoms with Crippen molar-refractivity contribution in [2.75, 3.05) is 11.9 Å². The minimum absolute atomic E-state index is 0.0834. The Morgan fingerprint density at radius 1 is 1.20 bits per heavy atom. The lowest BCUT2D eigenvalue weighted by molar-refractivity contribution is -0.136. The summed E-state index contributed by atoms with van der Waals surface area (Å²) in [7, 11) is 0. The molecule has 6 nitrogen and oxygen atoms in total. The highest BCUT2D eigenvalue weighted by Crippen LogP contribution is 2.29. The van der Waals surface area contributed by atoms with Gasteiger partial charge in [0.05, 0.1) is 0 Å². The number of halogens is 1. The van der Waals surface area contributed by atoms with Crippen molar-refractivity contribution < 1.29 is 9.59 Å². The summed E-state index contributed by atoms with van der Waals surface area (Å²) in [6.45, 7) is 2.85. The Hall–Kier alpha value is -1.99. The summed E-state index contributed by atoms with van der Waals surface area (Å²) in [5, 5.41) is 12.8. The molecule has 1 aliphatic heterocycles. The third-order valence-electron chi connectivity index (χ3n) is 5.35. The van der Waals surface area contributed by atoms with Gasteiger partial charge >= 0.3 is 0 Å². The van der Waals surface area contributed by atoms with Crippen molar-refractivity contribution in [2.45, 2.75) is 70.8 Å². The summed E-state index contributed by atoms with van der Waals surface area (Å²) in [5.74, 6) is -0.0994. The fourth-order valence-corrected chi connectivity index (χ4v) is 4.67. The van der Waals surface area contributed by atoms with Crippen LogP contribution in [0.2, 0.25) is 5.02 Å². The second-order valence-corrected chi connectivity index (χ2v) is 9.09. The molecule has 1 saturated heterocycles. The molecule has 162 valence electrons. The van der Waals surface area contributed by atoms with E-state index in [0.29, 0.717) is 34.5 Å². The molecule has 2 amide bonds. The number of carbonyl (C=O) groups excluding carboxylic acids is 2. The van der Waals surface area contributed by atoms with Crippen LogP contribution in [0.4, 0.5) is 5.13 Å². The van der Waals surface area contributed by atoms with E-state index in [0.717, 1.165) is 24.8 Å². The van der Waals surface area contributed by atoms with Gasteiger partial charge in [0.15, 0.2) is 0 Å². The van der Waals surface area contributed by atoms with Gasteiger partial charge < -0.3 is 4.90 Å². The first-order chi connectivity index (χ1) is 14.6. The zero-order valence-electron chi connectivity index (χ0n) is 17.4. The van der Waals surface area contributed by atoms with Crippen molar-refractivity contribution >= 4 is 39.9 Å². The first-order valence-corrected chi connectivity index (χ1v) is 12.0. The molecule has 8 heteroatoms. The summed E-state index contributed by atoms with van der Waals surface area (Å²) in [6.07, 6.45) is 8.92. The Kier molecular flexibility index (Phi) is 8.63. The molecule has 1 atom stereocenters. The molecule has 2 aromatic rings. The topological polar surface area (TPSA) is 75.2 Å². The summed E-state index contributed by atoms with van der Waals surface area (Å²) in [4.78, 5) is 27.2.